The van der Waals surface area contributed by atoms with Gasteiger partial charge in [-0.25, -0.2) is 0 Å². The van der Waals surface area contributed by atoms with Crippen molar-refractivity contribution in [1.29, 1.82) is 0 Å². The Bertz CT molecular complexity index is 630. The van der Waals surface area contributed by atoms with Gasteiger partial charge < -0.3 is 9.84 Å². The zero-order valence-corrected chi connectivity index (χ0v) is 33.6. The summed E-state index contributed by atoms with van der Waals surface area (Å²) in [5.74, 6) is 0.0166. The van der Waals surface area contributed by atoms with E-state index in [9.17, 15) is 4.79 Å². The summed E-state index contributed by atoms with van der Waals surface area (Å²) in [6.07, 6.45) is 57.6. The molecule has 0 radical (unpaired) electrons. The van der Waals surface area contributed by atoms with Crippen LogP contribution in [0.1, 0.15) is 264 Å². The third kappa shape index (κ3) is 45.1. The SMILES string of the molecule is CCCCCCCC/C=C\CCCCCCCC(=O)OCCCCCCCCCCCCCCCCCCCCCCCCCCCCO. The molecule has 3 nitrogen and oxygen atoms in total. The van der Waals surface area contributed by atoms with E-state index in [0.29, 0.717) is 19.6 Å². The molecule has 0 fully saturated rings. The van der Waals surface area contributed by atoms with E-state index >= 15 is 0 Å². The molecule has 0 heterocycles. The number of ether oxygens (including phenoxy) is 1. The van der Waals surface area contributed by atoms with Gasteiger partial charge in [0.1, 0.15) is 0 Å². The summed E-state index contributed by atoms with van der Waals surface area (Å²) in [5.41, 5.74) is 0. The van der Waals surface area contributed by atoms with Crippen LogP contribution < -0.4 is 0 Å². The van der Waals surface area contributed by atoms with Gasteiger partial charge in [0.25, 0.3) is 0 Å². The molecule has 0 aromatic rings. The Balaban J connectivity index is 3.16. The summed E-state index contributed by atoms with van der Waals surface area (Å²) < 4.78 is 5.47. The number of allylic oxidation sites excluding steroid dienone is 2. The van der Waals surface area contributed by atoms with Crippen molar-refractivity contribution in [2.24, 2.45) is 0 Å². The minimum absolute atomic E-state index is 0.0166. The maximum atomic E-state index is 12.0. The third-order valence-electron chi connectivity index (χ3n) is 10.5. The van der Waals surface area contributed by atoms with Crippen LogP contribution in [0.2, 0.25) is 0 Å². The topological polar surface area (TPSA) is 46.5 Å². The molecule has 0 saturated heterocycles. The molecule has 0 bridgehead atoms. The number of rotatable bonds is 43. The molecular formula is C46H90O3. The second-order valence-corrected chi connectivity index (χ2v) is 15.5. The maximum Gasteiger partial charge on any atom is 0.305 e. The van der Waals surface area contributed by atoms with Crippen LogP contribution in [0.25, 0.3) is 0 Å². The number of esters is 1. The predicted octanol–water partition coefficient (Wildman–Crippen LogP) is 15.7. The van der Waals surface area contributed by atoms with Gasteiger partial charge in [0, 0.05) is 13.0 Å². The van der Waals surface area contributed by atoms with Crippen LogP contribution >= 0.6 is 0 Å². The van der Waals surface area contributed by atoms with Crippen molar-refractivity contribution in [2.75, 3.05) is 13.2 Å². The van der Waals surface area contributed by atoms with Crippen LogP contribution in [0.3, 0.4) is 0 Å². The average molecular weight is 691 g/mol. The molecule has 0 atom stereocenters. The van der Waals surface area contributed by atoms with Gasteiger partial charge >= 0.3 is 5.97 Å². The number of aliphatic hydroxyl groups is 1. The largest absolute Gasteiger partial charge is 0.466 e. The fraction of sp³-hybridized carbons (Fsp3) is 0.935. The molecule has 0 saturated carbocycles. The lowest BCUT2D eigenvalue weighted by atomic mass is 10.0. The van der Waals surface area contributed by atoms with Gasteiger partial charge in [0.15, 0.2) is 0 Å². The van der Waals surface area contributed by atoms with Crippen LogP contribution in [0.15, 0.2) is 12.2 Å². The Labute approximate surface area is 309 Å². The van der Waals surface area contributed by atoms with E-state index in [2.05, 4.69) is 19.1 Å². The van der Waals surface area contributed by atoms with Crippen molar-refractivity contribution in [1.82, 2.24) is 0 Å². The molecule has 0 aliphatic rings. The van der Waals surface area contributed by atoms with Crippen molar-refractivity contribution in [2.45, 2.75) is 264 Å². The van der Waals surface area contributed by atoms with Crippen LogP contribution in [0.5, 0.6) is 0 Å². The Morgan fingerprint density at radius 2 is 0.673 bits per heavy atom. The van der Waals surface area contributed by atoms with Gasteiger partial charge in [-0.05, 0) is 44.9 Å². The average Bonchev–Trinajstić information content (AvgIpc) is 3.11. The lowest BCUT2D eigenvalue weighted by Crippen LogP contribution is -2.05. The number of unbranched alkanes of at least 4 members (excludes halogenated alkanes) is 36. The smallest absolute Gasteiger partial charge is 0.305 e. The van der Waals surface area contributed by atoms with E-state index < -0.39 is 0 Å². The van der Waals surface area contributed by atoms with Crippen LogP contribution in [0.4, 0.5) is 0 Å². The van der Waals surface area contributed by atoms with Gasteiger partial charge in [-0.3, -0.25) is 4.79 Å². The molecule has 0 aliphatic carbocycles. The zero-order valence-electron chi connectivity index (χ0n) is 33.6. The highest BCUT2D eigenvalue weighted by Gasteiger charge is 2.03. The molecule has 0 aromatic heterocycles. The van der Waals surface area contributed by atoms with Crippen molar-refractivity contribution in [3.63, 3.8) is 0 Å². The van der Waals surface area contributed by atoms with E-state index in [0.717, 1.165) is 25.7 Å². The lowest BCUT2D eigenvalue weighted by Gasteiger charge is -2.06. The first kappa shape index (κ1) is 48.2. The zero-order chi connectivity index (χ0) is 35.4. The van der Waals surface area contributed by atoms with Gasteiger partial charge in [-0.15, -0.1) is 0 Å². The quantitative estimate of drug-likeness (QED) is 0.0393. The van der Waals surface area contributed by atoms with Crippen molar-refractivity contribution in [3.8, 4) is 0 Å². The fourth-order valence-electron chi connectivity index (χ4n) is 7.05. The highest BCUT2D eigenvalue weighted by Crippen LogP contribution is 2.16. The normalized spacial score (nSPS) is 11.6. The van der Waals surface area contributed by atoms with E-state index in [1.165, 1.54) is 225 Å². The minimum Gasteiger partial charge on any atom is -0.466 e. The van der Waals surface area contributed by atoms with Gasteiger partial charge in [-0.2, -0.15) is 0 Å². The molecule has 49 heavy (non-hydrogen) atoms. The second kappa shape index (κ2) is 45.2. The molecule has 0 aliphatic heterocycles. The first-order valence-electron chi connectivity index (χ1n) is 22.7. The van der Waals surface area contributed by atoms with Gasteiger partial charge in [0.2, 0.25) is 0 Å². The highest BCUT2D eigenvalue weighted by molar-refractivity contribution is 5.69. The molecule has 0 spiro atoms. The van der Waals surface area contributed by atoms with Crippen LogP contribution in [0, 0.1) is 0 Å². The molecule has 0 rings (SSSR count). The summed E-state index contributed by atoms with van der Waals surface area (Å²) >= 11 is 0. The molecule has 0 unspecified atom stereocenters. The predicted molar refractivity (Wildman–Crippen MR) is 218 cm³/mol. The summed E-state index contributed by atoms with van der Waals surface area (Å²) in [6.45, 7) is 3.27. The van der Waals surface area contributed by atoms with Gasteiger partial charge in [0.05, 0.1) is 6.61 Å². The van der Waals surface area contributed by atoms with Crippen LogP contribution in [-0.4, -0.2) is 24.3 Å². The Morgan fingerprint density at radius 1 is 0.388 bits per heavy atom. The van der Waals surface area contributed by atoms with E-state index in [4.69, 9.17) is 9.84 Å². The first-order chi connectivity index (χ1) is 24.3. The van der Waals surface area contributed by atoms with Crippen LogP contribution in [-0.2, 0) is 9.53 Å². The molecular weight excluding hydrogens is 601 g/mol. The van der Waals surface area contributed by atoms with Crippen molar-refractivity contribution >= 4 is 5.97 Å². The number of hydrogen-bond donors (Lipinski definition) is 1. The first-order valence-corrected chi connectivity index (χ1v) is 22.7. The highest BCUT2D eigenvalue weighted by atomic mass is 16.5. The van der Waals surface area contributed by atoms with E-state index in [-0.39, 0.29) is 5.97 Å². The second-order valence-electron chi connectivity index (χ2n) is 15.5. The molecule has 292 valence electrons. The maximum absolute atomic E-state index is 12.0. The third-order valence-corrected chi connectivity index (χ3v) is 10.5. The Kier molecular flexibility index (Phi) is 44.4. The summed E-state index contributed by atoms with van der Waals surface area (Å²) in [6, 6.07) is 0. The standard InChI is InChI=1S/C46H90O3/c1-2-3-4-5-6-7-8-9-22-25-28-31-34-37-40-43-46(48)49-45-42-39-36-33-30-27-24-21-19-17-15-13-11-10-12-14-16-18-20-23-26-29-32-35-38-41-44-47/h9,22,47H,2-8,10-21,23-45H2,1H3/b22-9-. The summed E-state index contributed by atoms with van der Waals surface area (Å²) in [4.78, 5) is 12.0. The van der Waals surface area contributed by atoms with Crippen molar-refractivity contribution in [3.05, 3.63) is 12.2 Å². The molecule has 0 aromatic carbocycles. The summed E-state index contributed by atoms with van der Waals surface area (Å²) in [7, 11) is 0. The van der Waals surface area contributed by atoms with Crippen molar-refractivity contribution < 1.29 is 14.6 Å². The fourth-order valence-corrected chi connectivity index (χ4v) is 7.05. The number of hydrogen-bond acceptors (Lipinski definition) is 3. The van der Waals surface area contributed by atoms with Gasteiger partial charge in [-0.1, -0.05) is 225 Å². The number of aliphatic hydroxyl groups excluding tert-OH is 1. The molecule has 1 N–H and O–H groups in total. The summed E-state index contributed by atoms with van der Waals surface area (Å²) in [5, 5.41) is 8.81. The minimum atomic E-state index is 0.0166. The van der Waals surface area contributed by atoms with E-state index in [1.807, 2.05) is 0 Å². The van der Waals surface area contributed by atoms with E-state index in [1.54, 1.807) is 0 Å². The lowest BCUT2D eigenvalue weighted by molar-refractivity contribution is -0.143. The number of carbonyl (C=O) groups is 1. The monoisotopic (exact) mass is 691 g/mol. The Morgan fingerprint density at radius 3 is 1.02 bits per heavy atom. The Hall–Kier alpha value is -0.830. The molecule has 3 heteroatoms. The molecule has 0 amide bonds. The number of carbonyl (C=O) groups excluding carboxylic acids is 1.